The highest BCUT2D eigenvalue weighted by molar-refractivity contribution is 5.86. The SMILES string of the molecule is CC(C)[C@@H](CC(=O)N[C@@H]1CCNC[C@H]1C(=O)N[C@H](CC(=O)N[C@@H](CCC(=O)O)CC(=O)O)Cc1c[nH]c2ccccc12)NC(=O)C[C@H](CO)NC(=O)[C@@H]1CNCC[C@H]1N. The summed E-state index contributed by atoms with van der Waals surface area (Å²) in [6.07, 6.45) is 1.67. The summed E-state index contributed by atoms with van der Waals surface area (Å²) in [7, 11) is 0. The Balaban J connectivity index is 1.39. The second kappa shape index (κ2) is 22.9. The number of piperidine rings is 2. The predicted molar refractivity (Wildman–Crippen MR) is 216 cm³/mol. The Hall–Kier alpha value is -5.11. The highest BCUT2D eigenvalue weighted by Crippen LogP contribution is 2.21. The van der Waals surface area contributed by atoms with E-state index in [4.69, 9.17) is 10.8 Å². The molecular formula is C40H61N9O10. The number of aromatic nitrogens is 1. The van der Waals surface area contributed by atoms with Gasteiger partial charge in [0, 0.05) is 86.1 Å². The summed E-state index contributed by atoms with van der Waals surface area (Å²) < 4.78 is 0. The van der Waals surface area contributed by atoms with E-state index in [2.05, 4.69) is 42.2 Å². The first-order valence-electron chi connectivity index (χ1n) is 20.4. The first-order chi connectivity index (χ1) is 28.1. The molecule has 2 aliphatic heterocycles. The molecule has 0 aliphatic carbocycles. The van der Waals surface area contributed by atoms with Gasteiger partial charge in [0.1, 0.15) is 0 Å². The molecule has 19 nitrogen and oxygen atoms in total. The number of aliphatic hydroxyl groups is 1. The lowest BCUT2D eigenvalue weighted by Gasteiger charge is -2.34. The van der Waals surface area contributed by atoms with Crippen molar-refractivity contribution in [3.63, 3.8) is 0 Å². The summed E-state index contributed by atoms with van der Waals surface area (Å²) in [5.41, 5.74) is 7.80. The van der Waals surface area contributed by atoms with E-state index in [0.717, 1.165) is 16.5 Å². The molecule has 1 aromatic heterocycles. The van der Waals surface area contributed by atoms with Crippen LogP contribution in [0.2, 0.25) is 0 Å². The average molecular weight is 828 g/mol. The number of hydrogen-bond donors (Lipinski definition) is 12. The van der Waals surface area contributed by atoms with Crippen molar-refractivity contribution in [1.82, 2.24) is 42.2 Å². The van der Waals surface area contributed by atoms with Crippen molar-refractivity contribution in [3.8, 4) is 0 Å². The van der Waals surface area contributed by atoms with Gasteiger partial charge in [-0.1, -0.05) is 32.0 Å². The van der Waals surface area contributed by atoms with Crippen LogP contribution in [0.5, 0.6) is 0 Å². The van der Waals surface area contributed by atoms with Crippen LogP contribution in [0.1, 0.15) is 70.8 Å². The monoisotopic (exact) mass is 827 g/mol. The Morgan fingerprint density at radius 1 is 0.763 bits per heavy atom. The van der Waals surface area contributed by atoms with Gasteiger partial charge in [0.15, 0.2) is 0 Å². The number of H-pyrrole nitrogens is 1. The van der Waals surface area contributed by atoms with Gasteiger partial charge in [-0.05, 0) is 56.3 Å². The molecule has 19 heteroatoms. The van der Waals surface area contributed by atoms with Crippen LogP contribution >= 0.6 is 0 Å². The molecule has 2 saturated heterocycles. The number of benzene rings is 1. The van der Waals surface area contributed by atoms with Crippen LogP contribution in [0.25, 0.3) is 10.9 Å². The number of carbonyl (C=O) groups is 7. The van der Waals surface area contributed by atoms with E-state index in [9.17, 15) is 43.8 Å². The number of carbonyl (C=O) groups excluding carboxylic acids is 5. The van der Waals surface area contributed by atoms with Crippen molar-refractivity contribution in [2.75, 3.05) is 32.8 Å². The first-order valence-corrected chi connectivity index (χ1v) is 20.4. The van der Waals surface area contributed by atoms with Gasteiger partial charge >= 0.3 is 11.9 Å². The van der Waals surface area contributed by atoms with Crippen molar-refractivity contribution >= 4 is 52.4 Å². The van der Waals surface area contributed by atoms with Crippen LogP contribution in [0.4, 0.5) is 0 Å². The number of hydrogen-bond acceptors (Lipinski definition) is 11. The van der Waals surface area contributed by atoms with Crippen molar-refractivity contribution in [3.05, 3.63) is 36.0 Å². The van der Waals surface area contributed by atoms with Gasteiger partial charge in [0.25, 0.3) is 0 Å². The maximum Gasteiger partial charge on any atom is 0.305 e. The molecule has 0 spiro atoms. The van der Waals surface area contributed by atoms with Crippen molar-refractivity contribution in [1.29, 1.82) is 0 Å². The molecular weight excluding hydrogens is 766 g/mol. The largest absolute Gasteiger partial charge is 0.481 e. The molecule has 0 radical (unpaired) electrons. The number of nitrogens with one attached hydrogen (secondary N) is 8. The fourth-order valence-corrected chi connectivity index (χ4v) is 7.64. The summed E-state index contributed by atoms with van der Waals surface area (Å²) in [4.78, 5) is 92.6. The molecule has 2 aliphatic rings. The Morgan fingerprint density at radius 3 is 2.08 bits per heavy atom. The fourth-order valence-electron chi connectivity index (χ4n) is 7.64. The van der Waals surface area contributed by atoms with Crippen LogP contribution in [-0.4, -0.2) is 131 Å². The number of nitrogens with two attached hydrogens (primary N) is 1. The summed E-state index contributed by atoms with van der Waals surface area (Å²) in [5, 5.41) is 49.8. The predicted octanol–water partition coefficient (Wildman–Crippen LogP) is -1.16. The number of para-hydroxylation sites is 1. The van der Waals surface area contributed by atoms with Crippen molar-refractivity contribution in [2.24, 2.45) is 23.5 Å². The Bertz CT molecular complexity index is 1770. The van der Waals surface area contributed by atoms with Gasteiger partial charge in [-0.15, -0.1) is 0 Å². The molecule has 0 unspecified atom stereocenters. The van der Waals surface area contributed by atoms with Gasteiger partial charge < -0.3 is 63.3 Å². The van der Waals surface area contributed by atoms with Crippen molar-refractivity contribution in [2.45, 2.75) is 108 Å². The highest BCUT2D eigenvalue weighted by Gasteiger charge is 2.35. The average Bonchev–Trinajstić information content (AvgIpc) is 3.58. The highest BCUT2D eigenvalue weighted by atomic mass is 16.4. The van der Waals surface area contributed by atoms with E-state index in [1.165, 1.54) is 0 Å². The molecule has 5 amide bonds. The molecule has 0 saturated carbocycles. The molecule has 2 aromatic rings. The van der Waals surface area contributed by atoms with Gasteiger partial charge in [-0.2, -0.15) is 0 Å². The van der Waals surface area contributed by atoms with Gasteiger partial charge in [-0.3, -0.25) is 33.6 Å². The van der Waals surface area contributed by atoms with E-state index >= 15 is 0 Å². The van der Waals surface area contributed by atoms with Crippen molar-refractivity contribution < 1.29 is 48.9 Å². The van der Waals surface area contributed by atoms with Gasteiger partial charge in [0.2, 0.25) is 29.5 Å². The number of carboxylic acids is 2. The third kappa shape index (κ3) is 14.9. The lowest BCUT2D eigenvalue weighted by Crippen LogP contribution is -2.57. The Kier molecular flexibility index (Phi) is 18.1. The zero-order valence-electron chi connectivity index (χ0n) is 33.8. The molecule has 3 heterocycles. The minimum Gasteiger partial charge on any atom is -0.481 e. The second-order valence-corrected chi connectivity index (χ2v) is 16.0. The number of amides is 5. The lowest BCUT2D eigenvalue weighted by molar-refractivity contribution is -0.140. The topological polar surface area (TPSA) is 306 Å². The second-order valence-electron chi connectivity index (χ2n) is 16.0. The molecule has 1 aromatic carbocycles. The Labute approximate surface area is 343 Å². The molecule has 2 fully saturated rings. The van der Waals surface area contributed by atoms with Gasteiger partial charge in [0.05, 0.1) is 30.9 Å². The summed E-state index contributed by atoms with van der Waals surface area (Å²) in [6.45, 7) is 5.10. The van der Waals surface area contributed by atoms with Crippen LogP contribution in [0.3, 0.4) is 0 Å². The maximum atomic E-state index is 14.0. The Morgan fingerprint density at radius 2 is 1.41 bits per heavy atom. The minimum absolute atomic E-state index is 0.0846. The minimum atomic E-state index is -1.20. The number of carboxylic acid groups (broad SMARTS) is 2. The molecule has 8 atom stereocenters. The lowest BCUT2D eigenvalue weighted by atomic mass is 9.91. The third-order valence-corrected chi connectivity index (χ3v) is 11.0. The zero-order chi connectivity index (χ0) is 43.1. The summed E-state index contributed by atoms with van der Waals surface area (Å²) in [5.74, 6) is -5.87. The normalized spacial score (nSPS) is 21.4. The van der Waals surface area contributed by atoms with Crippen LogP contribution < -0.4 is 43.0 Å². The number of fused-ring (bicyclic) bond motifs is 1. The molecule has 59 heavy (non-hydrogen) atoms. The molecule has 326 valence electrons. The fraction of sp³-hybridized carbons (Fsp3) is 0.625. The van der Waals surface area contributed by atoms with Gasteiger partial charge in [-0.25, -0.2) is 0 Å². The first kappa shape index (κ1) is 46.6. The standard InChI is InChI=1S/C40H61N9O10/c1-22(2)33(49-35(52)15-26(21-50)47-39(58)28-19-42-11-9-30(28)41)17-36(53)48-32-10-12-43-20-29(32)40(59)46-25(13-23-18-44-31-6-4-3-5-27(23)31)14-34(51)45-24(16-38(56)57)7-8-37(54)55/h3-6,18,22,24-26,28-30,32-33,42-44,50H,7-17,19-21,41H2,1-2H3,(H,45,51)(H,46,59)(H,47,58)(H,48,53)(H,49,52)(H,54,55)(H,56,57)/t24-,25-,26+,28+,29+,30+,32+,33+/m0/s1. The molecule has 13 N–H and O–H groups in total. The summed E-state index contributed by atoms with van der Waals surface area (Å²) in [6, 6.07) is 3.51. The maximum absolute atomic E-state index is 14.0. The number of aromatic amines is 1. The van der Waals surface area contributed by atoms with Crippen LogP contribution in [0.15, 0.2) is 30.5 Å². The quantitative estimate of drug-likeness (QED) is 0.0668. The molecule has 0 bridgehead atoms. The molecule has 4 rings (SSSR count). The number of aliphatic carboxylic acids is 2. The van der Waals surface area contributed by atoms with Crippen LogP contribution in [-0.2, 0) is 40.0 Å². The smallest absolute Gasteiger partial charge is 0.305 e. The number of rotatable bonds is 22. The van der Waals surface area contributed by atoms with E-state index in [0.29, 0.717) is 32.5 Å². The van der Waals surface area contributed by atoms with E-state index in [1.54, 1.807) is 6.20 Å². The summed E-state index contributed by atoms with van der Waals surface area (Å²) >= 11 is 0. The van der Waals surface area contributed by atoms with E-state index in [-0.39, 0.29) is 68.8 Å². The zero-order valence-corrected chi connectivity index (χ0v) is 33.8. The van der Waals surface area contributed by atoms with E-state index in [1.807, 2.05) is 38.1 Å². The third-order valence-electron chi connectivity index (χ3n) is 11.0. The van der Waals surface area contributed by atoms with E-state index < -0.39 is 84.7 Å². The number of aliphatic hydroxyl groups excluding tert-OH is 1. The van der Waals surface area contributed by atoms with Crippen LogP contribution in [0, 0.1) is 17.8 Å².